The first kappa shape index (κ1) is 14.2. The summed E-state index contributed by atoms with van der Waals surface area (Å²) >= 11 is 0. The molecule has 0 radical (unpaired) electrons. The Hall–Kier alpha value is -1.88. The van der Waals surface area contributed by atoms with Crippen LogP contribution >= 0.6 is 0 Å². The average Bonchev–Trinajstić information content (AvgIpc) is 2.43. The van der Waals surface area contributed by atoms with Gasteiger partial charge in [0.05, 0.1) is 12.7 Å². The highest BCUT2D eigenvalue weighted by molar-refractivity contribution is 5.89. The van der Waals surface area contributed by atoms with Crippen molar-refractivity contribution < 1.29 is 14.3 Å². The second-order valence-electron chi connectivity index (χ2n) is 4.04. The number of nitrogens with one attached hydrogen (secondary N) is 1. The van der Waals surface area contributed by atoms with Gasteiger partial charge in [-0.3, -0.25) is 4.79 Å². The number of amides is 1. The van der Waals surface area contributed by atoms with Gasteiger partial charge in [0.1, 0.15) is 0 Å². The molecule has 1 atom stereocenters. The summed E-state index contributed by atoms with van der Waals surface area (Å²) in [5, 5.41) is 2.78. The smallest absolute Gasteiger partial charge is 0.337 e. The molecule has 3 N–H and O–H groups in total. The Morgan fingerprint density at radius 1 is 1.33 bits per heavy atom. The van der Waals surface area contributed by atoms with Gasteiger partial charge >= 0.3 is 5.97 Å². The van der Waals surface area contributed by atoms with Crippen LogP contribution in [0, 0.1) is 5.92 Å². The summed E-state index contributed by atoms with van der Waals surface area (Å²) in [4.78, 5) is 22.7. The highest BCUT2D eigenvalue weighted by Crippen LogP contribution is 2.05. The Morgan fingerprint density at radius 3 is 2.44 bits per heavy atom. The molecule has 0 aliphatic rings. The van der Waals surface area contributed by atoms with E-state index in [0.717, 1.165) is 5.56 Å². The fourth-order valence-corrected chi connectivity index (χ4v) is 1.35. The molecule has 1 rings (SSSR count). The predicted octanol–water partition coefficient (Wildman–Crippen LogP) is 0.684. The van der Waals surface area contributed by atoms with Crippen molar-refractivity contribution in [1.29, 1.82) is 0 Å². The van der Waals surface area contributed by atoms with Gasteiger partial charge in [0.15, 0.2) is 0 Å². The third-order valence-corrected chi connectivity index (χ3v) is 2.64. The molecule has 1 amide bonds. The highest BCUT2D eigenvalue weighted by atomic mass is 16.5. The molecular weight excluding hydrogens is 232 g/mol. The Balaban J connectivity index is 2.54. The van der Waals surface area contributed by atoms with Gasteiger partial charge in [0.25, 0.3) is 0 Å². The van der Waals surface area contributed by atoms with Crippen LogP contribution < -0.4 is 11.1 Å². The quantitative estimate of drug-likeness (QED) is 0.753. The minimum absolute atomic E-state index is 0.0745. The molecule has 0 bridgehead atoms. The minimum Gasteiger partial charge on any atom is -0.465 e. The number of carbonyl (C=O) groups excluding carboxylic acids is 2. The van der Waals surface area contributed by atoms with Gasteiger partial charge in [-0.1, -0.05) is 19.1 Å². The molecule has 0 aliphatic carbocycles. The summed E-state index contributed by atoms with van der Waals surface area (Å²) in [5.41, 5.74) is 6.80. The third-order valence-electron chi connectivity index (χ3n) is 2.64. The van der Waals surface area contributed by atoms with Crippen LogP contribution in [0.5, 0.6) is 0 Å². The summed E-state index contributed by atoms with van der Waals surface area (Å²) < 4.78 is 4.60. The maximum absolute atomic E-state index is 11.5. The summed E-state index contributed by atoms with van der Waals surface area (Å²) in [6.07, 6.45) is 0. The van der Waals surface area contributed by atoms with Crippen LogP contribution in [0.25, 0.3) is 0 Å². The zero-order valence-corrected chi connectivity index (χ0v) is 10.6. The van der Waals surface area contributed by atoms with E-state index >= 15 is 0 Å². The fourth-order valence-electron chi connectivity index (χ4n) is 1.35. The fraction of sp³-hybridized carbons (Fsp3) is 0.385. The van der Waals surface area contributed by atoms with Crippen LogP contribution in [-0.4, -0.2) is 25.5 Å². The summed E-state index contributed by atoms with van der Waals surface area (Å²) in [6, 6.07) is 6.89. The molecule has 1 unspecified atom stereocenters. The van der Waals surface area contributed by atoms with Crippen molar-refractivity contribution in [3.8, 4) is 0 Å². The van der Waals surface area contributed by atoms with Crippen molar-refractivity contribution in [3.63, 3.8) is 0 Å². The second kappa shape index (κ2) is 6.76. The topological polar surface area (TPSA) is 81.4 Å². The molecule has 5 heteroatoms. The number of methoxy groups -OCH3 is 1. The molecular formula is C13H18N2O3. The maximum Gasteiger partial charge on any atom is 0.337 e. The van der Waals surface area contributed by atoms with Crippen LogP contribution in [0.15, 0.2) is 24.3 Å². The first-order chi connectivity index (χ1) is 8.58. The minimum atomic E-state index is -0.373. The van der Waals surface area contributed by atoms with E-state index in [4.69, 9.17) is 5.73 Å². The van der Waals surface area contributed by atoms with E-state index in [9.17, 15) is 9.59 Å². The molecule has 0 spiro atoms. The van der Waals surface area contributed by atoms with Gasteiger partial charge in [-0.05, 0) is 17.7 Å². The number of esters is 1. The van der Waals surface area contributed by atoms with Crippen molar-refractivity contribution in [1.82, 2.24) is 5.32 Å². The van der Waals surface area contributed by atoms with Gasteiger partial charge in [0.2, 0.25) is 5.91 Å². The number of hydrogen-bond donors (Lipinski definition) is 2. The number of nitrogens with two attached hydrogens (primary N) is 1. The lowest BCUT2D eigenvalue weighted by molar-refractivity contribution is -0.124. The molecule has 0 saturated carbocycles. The van der Waals surface area contributed by atoms with Gasteiger partial charge in [-0.15, -0.1) is 0 Å². The lowest BCUT2D eigenvalue weighted by Crippen LogP contribution is -2.32. The first-order valence-corrected chi connectivity index (χ1v) is 5.73. The largest absolute Gasteiger partial charge is 0.465 e. The summed E-state index contributed by atoms with van der Waals surface area (Å²) in [6.45, 7) is 2.52. The van der Waals surface area contributed by atoms with Crippen LogP contribution in [-0.2, 0) is 16.1 Å². The Morgan fingerprint density at radius 2 is 1.94 bits per heavy atom. The van der Waals surface area contributed by atoms with E-state index in [1.165, 1.54) is 7.11 Å². The first-order valence-electron chi connectivity index (χ1n) is 5.73. The number of hydrogen-bond acceptors (Lipinski definition) is 4. The Labute approximate surface area is 106 Å². The van der Waals surface area contributed by atoms with Crippen molar-refractivity contribution in [2.24, 2.45) is 11.7 Å². The molecule has 98 valence electrons. The van der Waals surface area contributed by atoms with Gasteiger partial charge in [0, 0.05) is 19.0 Å². The SMILES string of the molecule is COC(=O)c1ccc(CNC(=O)C(C)CN)cc1. The number of benzene rings is 1. The predicted molar refractivity (Wildman–Crippen MR) is 67.8 cm³/mol. The summed E-state index contributed by atoms with van der Waals surface area (Å²) in [5.74, 6) is -0.642. The van der Waals surface area contributed by atoms with Crippen molar-refractivity contribution >= 4 is 11.9 Å². The zero-order chi connectivity index (χ0) is 13.5. The van der Waals surface area contributed by atoms with E-state index < -0.39 is 0 Å². The van der Waals surface area contributed by atoms with Crippen LogP contribution in [0.2, 0.25) is 0 Å². The lowest BCUT2D eigenvalue weighted by atomic mass is 10.1. The molecule has 0 heterocycles. The van der Waals surface area contributed by atoms with E-state index in [1.54, 1.807) is 31.2 Å². The zero-order valence-electron chi connectivity index (χ0n) is 10.6. The third kappa shape index (κ3) is 3.85. The molecule has 0 aromatic heterocycles. The Kier molecular flexibility index (Phi) is 5.32. The normalized spacial score (nSPS) is 11.7. The second-order valence-corrected chi connectivity index (χ2v) is 4.04. The van der Waals surface area contributed by atoms with E-state index in [-0.39, 0.29) is 17.8 Å². The van der Waals surface area contributed by atoms with Gasteiger partial charge < -0.3 is 15.8 Å². The molecule has 0 saturated heterocycles. The van der Waals surface area contributed by atoms with Crippen molar-refractivity contribution in [2.45, 2.75) is 13.5 Å². The molecule has 5 nitrogen and oxygen atoms in total. The standard InChI is InChI=1S/C13H18N2O3/c1-9(7-14)12(16)15-8-10-3-5-11(6-4-10)13(17)18-2/h3-6,9H,7-8,14H2,1-2H3,(H,15,16). The van der Waals surface area contributed by atoms with E-state index in [1.807, 2.05) is 0 Å². The van der Waals surface area contributed by atoms with Crippen molar-refractivity contribution in [2.75, 3.05) is 13.7 Å². The molecule has 18 heavy (non-hydrogen) atoms. The van der Waals surface area contributed by atoms with E-state index in [2.05, 4.69) is 10.1 Å². The average molecular weight is 250 g/mol. The summed E-state index contributed by atoms with van der Waals surface area (Å²) in [7, 11) is 1.34. The Bertz CT molecular complexity index is 415. The monoisotopic (exact) mass is 250 g/mol. The molecule has 1 aromatic carbocycles. The van der Waals surface area contributed by atoms with Crippen LogP contribution in [0.1, 0.15) is 22.8 Å². The number of rotatable bonds is 5. The molecule has 0 fully saturated rings. The van der Waals surface area contributed by atoms with Crippen LogP contribution in [0.4, 0.5) is 0 Å². The lowest BCUT2D eigenvalue weighted by Gasteiger charge is -2.10. The maximum atomic E-state index is 11.5. The van der Waals surface area contributed by atoms with Gasteiger partial charge in [-0.2, -0.15) is 0 Å². The van der Waals surface area contributed by atoms with E-state index in [0.29, 0.717) is 18.7 Å². The van der Waals surface area contributed by atoms with Crippen LogP contribution in [0.3, 0.4) is 0 Å². The van der Waals surface area contributed by atoms with Crippen molar-refractivity contribution in [3.05, 3.63) is 35.4 Å². The molecule has 1 aromatic rings. The number of ether oxygens (including phenoxy) is 1. The number of carbonyl (C=O) groups is 2. The highest BCUT2D eigenvalue weighted by Gasteiger charge is 2.10. The molecule has 0 aliphatic heterocycles. The van der Waals surface area contributed by atoms with Gasteiger partial charge in [-0.25, -0.2) is 4.79 Å².